The summed E-state index contributed by atoms with van der Waals surface area (Å²) in [5.74, 6) is -1.22. The number of aliphatic hydroxyl groups excluding tert-OH is 1. The maximum atomic E-state index is 13.7. The van der Waals surface area contributed by atoms with E-state index >= 15 is 0 Å². The molecule has 0 aromatic heterocycles. The third kappa shape index (κ3) is 4.49. The fraction of sp³-hybridized carbons (Fsp3) is 0.625. The average molecular weight is 494 g/mol. The lowest BCUT2D eigenvalue weighted by atomic mass is 9.70. The van der Waals surface area contributed by atoms with Gasteiger partial charge in [-0.25, -0.2) is 0 Å². The maximum Gasteiger partial charge on any atom is 0.248 e. The fourth-order valence-electron chi connectivity index (χ4n) is 5.67. The first-order valence-corrected chi connectivity index (χ1v) is 13.1. The number of nitrogens with zero attached hydrogens (tertiary/aromatic N) is 1. The third-order valence-corrected chi connectivity index (χ3v) is 9.27. The zero-order valence-electron chi connectivity index (χ0n) is 18.9. The Morgan fingerprint density at radius 1 is 1.21 bits per heavy atom. The predicted molar refractivity (Wildman–Crippen MR) is 130 cm³/mol. The molecule has 3 aliphatic rings. The van der Waals surface area contributed by atoms with Crippen LogP contribution in [0.25, 0.3) is 0 Å². The van der Waals surface area contributed by atoms with Crippen LogP contribution in [-0.4, -0.2) is 63.5 Å². The number of benzene rings is 1. The molecule has 3 amide bonds. The molecular weight excluding hydrogens is 462 g/mol. The van der Waals surface area contributed by atoms with E-state index in [2.05, 4.69) is 10.6 Å². The van der Waals surface area contributed by atoms with Crippen molar-refractivity contribution in [1.82, 2.24) is 10.2 Å². The van der Waals surface area contributed by atoms with E-state index < -0.39 is 22.6 Å². The normalized spacial score (nSPS) is 29.9. The van der Waals surface area contributed by atoms with Crippen molar-refractivity contribution in [3.8, 4) is 0 Å². The van der Waals surface area contributed by atoms with Crippen molar-refractivity contribution in [1.29, 1.82) is 0 Å². The SMILES string of the molecule is CCCNC(=O)[C@@H]1[C@@H]2CCC3(S2)C(C(=O)Nc2ccc(Cl)cc2)N(CCCCCO)C(=O)[C@H]13. The lowest BCUT2D eigenvalue weighted by Crippen LogP contribution is -2.51. The second kappa shape index (κ2) is 10.2. The largest absolute Gasteiger partial charge is 0.396 e. The Labute approximate surface area is 204 Å². The second-order valence-corrected chi connectivity index (χ2v) is 11.2. The maximum absolute atomic E-state index is 13.7. The minimum atomic E-state index is -0.626. The minimum Gasteiger partial charge on any atom is -0.396 e. The van der Waals surface area contributed by atoms with Crippen LogP contribution in [0.2, 0.25) is 5.02 Å². The van der Waals surface area contributed by atoms with Gasteiger partial charge in [0.05, 0.1) is 16.6 Å². The Balaban J connectivity index is 1.61. The van der Waals surface area contributed by atoms with E-state index in [-0.39, 0.29) is 29.6 Å². The molecule has 1 spiro atoms. The van der Waals surface area contributed by atoms with E-state index in [1.165, 1.54) is 0 Å². The highest BCUT2D eigenvalue weighted by Crippen LogP contribution is 2.66. The molecule has 180 valence electrons. The summed E-state index contributed by atoms with van der Waals surface area (Å²) in [5.41, 5.74) is 0.631. The number of likely N-dealkylation sites (tertiary alicyclic amines) is 1. The van der Waals surface area contributed by atoms with Crippen LogP contribution in [-0.2, 0) is 14.4 Å². The van der Waals surface area contributed by atoms with Crippen molar-refractivity contribution in [2.24, 2.45) is 11.8 Å². The van der Waals surface area contributed by atoms with E-state index in [9.17, 15) is 14.4 Å². The monoisotopic (exact) mass is 493 g/mol. The van der Waals surface area contributed by atoms with Gasteiger partial charge in [-0.15, -0.1) is 11.8 Å². The number of hydrogen-bond acceptors (Lipinski definition) is 5. The highest BCUT2D eigenvalue weighted by molar-refractivity contribution is 8.02. The van der Waals surface area contributed by atoms with Gasteiger partial charge in [-0.3, -0.25) is 14.4 Å². The molecule has 5 atom stereocenters. The number of fused-ring (bicyclic) bond motifs is 1. The number of carbonyl (C=O) groups is 3. The fourth-order valence-corrected chi connectivity index (χ4v) is 8.02. The van der Waals surface area contributed by atoms with E-state index in [0.29, 0.717) is 36.6 Å². The average Bonchev–Trinajstić information content (AvgIpc) is 3.44. The van der Waals surface area contributed by atoms with E-state index in [0.717, 1.165) is 25.7 Å². The molecule has 3 heterocycles. The number of thioether (sulfide) groups is 1. The summed E-state index contributed by atoms with van der Waals surface area (Å²) in [4.78, 5) is 42.1. The van der Waals surface area contributed by atoms with Crippen LogP contribution in [0.15, 0.2) is 24.3 Å². The van der Waals surface area contributed by atoms with Gasteiger partial charge in [-0.05, 0) is 62.8 Å². The quantitative estimate of drug-likeness (QED) is 0.435. The summed E-state index contributed by atoms with van der Waals surface area (Å²) in [6, 6.07) is 6.30. The number of hydrogen-bond donors (Lipinski definition) is 3. The van der Waals surface area contributed by atoms with Crippen LogP contribution in [0, 0.1) is 11.8 Å². The molecule has 0 saturated carbocycles. The third-order valence-electron chi connectivity index (χ3n) is 7.07. The van der Waals surface area contributed by atoms with Crippen molar-refractivity contribution in [3.05, 3.63) is 29.3 Å². The Kier molecular flexibility index (Phi) is 7.56. The molecule has 7 nitrogen and oxygen atoms in total. The van der Waals surface area contributed by atoms with E-state index in [1.54, 1.807) is 40.9 Å². The van der Waals surface area contributed by atoms with Gasteiger partial charge in [-0.1, -0.05) is 18.5 Å². The van der Waals surface area contributed by atoms with Gasteiger partial charge < -0.3 is 20.6 Å². The molecule has 33 heavy (non-hydrogen) atoms. The Hall–Kier alpha value is -1.77. The van der Waals surface area contributed by atoms with Gasteiger partial charge in [0.25, 0.3) is 0 Å². The number of nitrogens with one attached hydrogen (secondary N) is 2. The number of halogens is 1. The number of rotatable bonds is 10. The van der Waals surface area contributed by atoms with E-state index in [1.807, 2.05) is 6.92 Å². The molecule has 1 aromatic rings. The zero-order chi connectivity index (χ0) is 23.6. The van der Waals surface area contributed by atoms with Crippen molar-refractivity contribution in [2.45, 2.75) is 61.5 Å². The van der Waals surface area contributed by atoms with Crippen LogP contribution in [0.3, 0.4) is 0 Å². The molecular formula is C24H32ClN3O4S. The first kappa shape index (κ1) is 24.4. The van der Waals surface area contributed by atoms with Gasteiger partial charge in [0, 0.05) is 35.7 Å². The van der Waals surface area contributed by atoms with Crippen LogP contribution in [0.5, 0.6) is 0 Å². The highest BCUT2D eigenvalue weighted by Gasteiger charge is 2.73. The van der Waals surface area contributed by atoms with Crippen molar-refractivity contribution >= 4 is 46.8 Å². The van der Waals surface area contributed by atoms with E-state index in [4.69, 9.17) is 16.7 Å². The molecule has 3 fully saturated rings. The zero-order valence-corrected chi connectivity index (χ0v) is 20.5. The second-order valence-electron chi connectivity index (χ2n) is 9.16. The molecule has 0 aliphatic carbocycles. The number of carbonyl (C=O) groups excluding carboxylic acids is 3. The Morgan fingerprint density at radius 2 is 1.97 bits per heavy atom. The molecule has 0 radical (unpaired) electrons. The number of anilines is 1. The molecule has 2 bridgehead atoms. The highest BCUT2D eigenvalue weighted by atomic mass is 35.5. The van der Waals surface area contributed by atoms with Crippen LogP contribution >= 0.6 is 23.4 Å². The van der Waals surface area contributed by atoms with Crippen molar-refractivity contribution in [2.75, 3.05) is 25.0 Å². The number of unbranched alkanes of at least 4 members (excludes halogenated alkanes) is 2. The summed E-state index contributed by atoms with van der Waals surface area (Å²) in [7, 11) is 0. The van der Waals surface area contributed by atoms with Crippen molar-refractivity contribution < 1.29 is 19.5 Å². The van der Waals surface area contributed by atoms with Crippen molar-refractivity contribution in [3.63, 3.8) is 0 Å². The van der Waals surface area contributed by atoms with Crippen LogP contribution in [0.1, 0.15) is 45.4 Å². The summed E-state index contributed by atoms with van der Waals surface area (Å²) in [6.07, 6.45) is 4.57. The molecule has 3 aliphatic heterocycles. The standard InChI is InChI=1S/C24H32ClN3O4S/c1-2-12-26-21(30)18-17-10-11-24(33-17)19(18)23(32)28(13-4-3-5-14-29)20(24)22(31)27-16-8-6-15(25)7-9-16/h6-9,17-20,29H,2-5,10-14H2,1H3,(H,26,30)(H,27,31)/t17-,18+,19-,20?,24?/m0/s1. The molecule has 3 saturated heterocycles. The minimum absolute atomic E-state index is 0.0618. The summed E-state index contributed by atoms with van der Waals surface area (Å²) in [5, 5.41) is 15.7. The molecule has 2 unspecified atom stereocenters. The lowest BCUT2D eigenvalue weighted by molar-refractivity contribution is -0.139. The first-order valence-electron chi connectivity index (χ1n) is 11.9. The molecule has 3 N–H and O–H groups in total. The summed E-state index contributed by atoms with van der Waals surface area (Å²) < 4.78 is -0.580. The summed E-state index contributed by atoms with van der Waals surface area (Å²) in [6.45, 7) is 3.15. The topological polar surface area (TPSA) is 98.7 Å². The smallest absolute Gasteiger partial charge is 0.248 e. The van der Waals surface area contributed by atoms with Gasteiger partial charge in [0.2, 0.25) is 17.7 Å². The van der Waals surface area contributed by atoms with Gasteiger partial charge in [-0.2, -0.15) is 0 Å². The van der Waals surface area contributed by atoms with Gasteiger partial charge >= 0.3 is 0 Å². The number of amides is 3. The molecule has 1 aromatic carbocycles. The summed E-state index contributed by atoms with van der Waals surface area (Å²) >= 11 is 7.66. The first-order chi connectivity index (χ1) is 15.9. The van der Waals surface area contributed by atoms with Crippen LogP contribution < -0.4 is 10.6 Å². The molecule has 9 heteroatoms. The number of aliphatic hydroxyl groups is 1. The lowest BCUT2D eigenvalue weighted by Gasteiger charge is -2.34. The van der Waals surface area contributed by atoms with Crippen LogP contribution in [0.4, 0.5) is 5.69 Å². The Morgan fingerprint density at radius 3 is 2.67 bits per heavy atom. The van der Waals surface area contributed by atoms with Gasteiger partial charge in [0.15, 0.2) is 0 Å². The molecule has 4 rings (SSSR count). The predicted octanol–water partition coefficient (Wildman–Crippen LogP) is 3.06. The Bertz CT molecular complexity index is 898. The van der Waals surface area contributed by atoms with Gasteiger partial charge in [0.1, 0.15) is 6.04 Å².